The number of aromatic nitrogens is 2. The molecule has 9 heteroatoms. The van der Waals surface area contributed by atoms with E-state index in [0.29, 0.717) is 27.9 Å². The number of benzene rings is 2. The first-order valence-electron chi connectivity index (χ1n) is 8.52. The minimum absolute atomic E-state index is 0.0321. The Kier molecular flexibility index (Phi) is 4.05. The van der Waals surface area contributed by atoms with Crippen LogP contribution in [0.25, 0.3) is 21.1 Å². The highest BCUT2D eigenvalue weighted by atomic mass is 35.5. The van der Waals surface area contributed by atoms with E-state index >= 15 is 0 Å². The summed E-state index contributed by atoms with van der Waals surface area (Å²) in [5.41, 5.74) is 2.46. The van der Waals surface area contributed by atoms with Gasteiger partial charge in [0.05, 0.1) is 22.3 Å². The summed E-state index contributed by atoms with van der Waals surface area (Å²) in [6.45, 7) is 1.23. The van der Waals surface area contributed by atoms with Crippen molar-refractivity contribution in [2.45, 2.75) is 19.1 Å². The first-order chi connectivity index (χ1) is 13.3. The number of nitrogens with zero attached hydrogens (tertiary/aromatic N) is 2. The van der Waals surface area contributed by atoms with E-state index in [1.54, 1.807) is 6.07 Å². The van der Waals surface area contributed by atoms with Gasteiger partial charge in [-0.2, -0.15) is 13.2 Å². The zero-order valence-corrected chi connectivity index (χ0v) is 16.6. The van der Waals surface area contributed by atoms with E-state index in [1.165, 1.54) is 16.9 Å². The van der Waals surface area contributed by atoms with Crippen molar-refractivity contribution in [1.29, 1.82) is 0 Å². The number of fused-ring (bicyclic) bond motifs is 4. The molecule has 4 aromatic rings. The van der Waals surface area contributed by atoms with Gasteiger partial charge < -0.3 is 9.88 Å². The summed E-state index contributed by atoms with van der Waals surface area (Å²) >= 11 is 12.4. The van der Waals surface area contributed by atoms with Crippen LogP contribution in [0.4, 0.5) is 18.3 Å². The Hall–Kier alpha value is -1.96. The molecule has 0 saturated carbocycles. The molecule has 28 heavy (non-hydrogen) atoms. The molecule has 1 N–H and O–H groups in total. The van der Waals surface area contributed by atoms with Gasteiger partial charge >= 0.3 is 6.18 Å². The third kappa shape index (κ3) is 2.93. The van der Waals surface area contributed by atoms with Crippen LogP contribution >= 0.6 is 22.9 Å². The Bertz CT molecular complexity index is 1230. The zero-order valence-electron chi connectivity index (χ0n) is 14.2. The number of alkyl halides is 3. The molecule has 0 amide bonds. The van der Waals surface area contributed by atoms with Crippen molar-refractivity contribution in [1.82, 2.24) is 9.97 Å². The minimum Gasteiger partial charge on any atom is -0.357 e. The van der Waals surface area contributed by atoms with Crippen molar-refractivity contribution < 1.29 is 24.8 Å². The number of thiazole rings is 1. The number of nitrogens with one attached hydrogen (secondary N) is 1. The quantitative estimate of drug-likeness (QED) is 0.409. The Labute approximate surface area is 171 Å². The number of halogens is 5. The summed E-state index contributed by atoms with van der Waals surface area (Å²) in [7, 11) is 0. The van der Waals surface area contributed by atoms with Gasteiger partial charge in [-0.25, -0.2) is 4.98 Å². The SMILES string of the molecule is FC(F)(F)c1cc([ClH+])cc2sc(N3CCc4c([nH]c5ccc(Cl)cc45)C3)nc12. The standard InChI is InChI=1S/C19H13Cl2F3N3S/c20-9-1-2-14-12(5-9)11-3-4-27(8-15(11)25-14)18-26-17-13(19(22,23)24)6-10(21)7-16(17)28-18/h1-2,5-7,21,25H,3-4,8H2/q+1. The third-order valence-corrected chi connectivity index (χ3v) is 6.50. The van der Waals surface area contributed by atoms with Gasteiger partial charge in [0.2, 0.25) is 5.02 Å². The molecule has 0 bridgehead atoms. The van der Waals surface area contributed by atoms with Gasteiger partial charge in [-0.3, -0.25) is 0 Å². The lowest BCUT2D eigenvalue weighted by atomic mass is 10.0. The van der Waals surface area contributed by atoms with Crippen LogP contribution in [0.2, 0.25) is 10.0 Å². The molecular weight excluding hydrogens is 430 g/mol. The number of H-pyrrole nitrogens is 1. The van der Waals surface area contributed by atoms with E-state index in [2.05, 4.69) is 9.97 Å². The van der Waals surface area contributed by atoms with Crippen LogP contribution in [0.3, 0.4) is 0 Å². The maximum atomic E-state index is 13.4. The molecular formula is C19H13Cl2F3N3S+. The van der Waals surface area contributed by atoms with Crippen LogP contribution in [-0.4, -0.2) is 16.5 Å². The van der Waals surface area contributed by atoms with Crippen LogP contribution in [0.15, 0.2) is 30.3 Å². The molecule has 0 fully saturated rings. The van der Waals surface area contributed by atoms with Gasteiger partial charge in [0.25, 0.3) is 0 Å². The highest BCUT2D eigenvalue weighted by Gasteiger charge is 2.36. The molecule has 0 unspecified atom stereocenters. The molecule has 0 spiro atoms. The van der Waals surface area contributed by atoms with Crippen molar-refractivity contribution in [3.05, 3.63) is 57.2 Å². The van der Waals surface area contributed by atoms with Crippen molar-refractivity contribution in [2.75, 3.05) is 11.4 Å². The molecule has 2 aromatic carbocycles. The predicted molar refractivity (Wildman–Crippen MR) is 103 cm³/mol. The van der Waals surface area contributed by atoms with Gasteiger partial charge in [0.1, 0.15) is 0 Å². The second-order valence-electron chi connectivity index (χ2n) is 6.76. The van der Waals surface area contributed by atoms with Crippen molar-refractivity contribution in [2.24, 2.45) is 0 Å². The molecule has 0 aliphatic carbocycles. The first kappa shape index (κ1) is 18.1. The molecule has 1 aliphatic rings. The molecule has 2 aromatic heterocycles. The third-order valence-electron chi connectivity index (χ3n) is 4.97. The molecule has 3 nitrogen and oxygen atoms in total. The molecule has 5 rings (SSSR count). The summed E-state index contributed by atoms with van der Waals surface area (Å²) in [4.78, 5) is 9.74. The largest absolute Gasteiger partial charge is 0.418 e. The molecule has 1 aliphatic heterocycles. The lowest BCUT2D eigenvalue weighted by Crippen LogP contribution is -2.30. The first-order valence-corrected chi connectivity index (χ1v) is 10.1. The highest BCUT2D eigenvalue weighted by molar-refractivity contribution is 7.22. The van der Waals surface area contributed by atoms with Crippen molar-refractivity contribution in [3.63, 3.8) is 0 Å². The Balaban J connectivity index is 1.56. The second-order valence-corrected chi connectivity index (χ2v) is 8.67. The number of hydrogen-bond donors (Lipinski definition) is 1. The predicted octanol–water partition coefficient (Wildman–Crippen LogP) is 5.71. The van der Waals surface area contributed by atoms with Crippen molar-refractivity contribution in [3.8, 4) is 0 Å². The minimum atomic E-state index is -4.48. The van der Waals surface area contributed by atoms with Crippen LogP contribution in [-0.2, 0) is 19.1 Å². The second kappa shape index (κ2) is 6.27. The van der Waals surface area contributed by atoms with Gasteiger partial charge in [0.15, 0.2) is 16.7 Å². The lowest BCUT2D eigenvalue weighted by Gasteiger charge is -2.26. The summed E-state index contributed by atoms with van der Waals surface area (Å²) in [5, 5.41) is 2.52. The van der Waals surface area contributed by atoms with E-state index in [4.69, 9.17) is 23.2 Å². The van der Waals surface area contributed by atoms with Crippen molar-refractivity contribution >= 4 is 49.2 Å². The molecule has 0 atom stereocenters. The fourth-order valence-corrected chi connectivity index (χ4v) is 5.26. The Morgan fingerprint density at radius 1 is 1.21 bits per heavy atom. The van der Waals surface area contributed by atoms with E-state index in [9.17, 15) is 13.2 Å². The average molecular weight is 443 g/mol. The fraction of sp³-hybridized carbons (Fsp3) is 0.211. The Morgan fingerprint density at radius 3 is 2.82 bits per heavy atom. The maximum absolute atomic E-state index is 13.4. The maximum Gasteiger partial charge on any atom is 0.418 e. The summed E-state index contributed by atoms with van der Waals surface area (Å²) in [6.07, 6.45) is -3.71. The van der Waals surface area contributed by atoms with Crippen LogP contribution in [0, 0.1) is 11.6 Å². The summed E-state index contributed by atoms with van der Waals surface area (Å²) < 4.78 is 40.6. The van der Waals surface area contributed by atoms with Crippen LogP contribution < -0.4 is 4.90 Å². The van der Waals surface area contributed by atoms with E-state index < -0.39 is 11.7 Å². The van der Waals surface area contributed by atoms with Crippen LogP contribution in [0.1, 0.15) is 16.8 Å². The number of anilines is 1. The zero-order chi connectivity index (χ0) is 19.6. The monoisotopic (exact) mass is 442 g/mol. The topological polar surface area (TPSA) is 31.9 Å². The molecule has 144 valence electrons. The summed E-state index contributed by atoms with van der Waals surface area (Å²) in [6, 6.07) is 8.29. The molecule has 0 radical (unpaired) electrons. The number of rotatable bonds is 1. The summed E-state index contributed by atoms with van der Waals surface area (Å²) in [5.74, 6) is 0. The lowest BCUT2D eigenvalue weighted by molar-refractivity contribution is -0.289. The smallest absolute Gasteiger partial charge is 0.357 e. The van der Waals surface area contributed by atoms with Gasteiger partial charge in [-0.1, -0.05) is 22.9 Å². The highest BCUT2D eigenvalue weighted by Crippen LogP contribution is 2.41. The molecule has 0 saturated heterocycles. The number of aromatic amines is 1. The van der Waals surface area contributed by atoms with E-state index in [-0.39, 0.29) is 10.5 Å². The van der Waals surface area contributed by atoms with E-state index in [0.717, 1.165) is 29.1 Å². The molecule has 3 heterocycles. The fourth-order valence-electron chi connectivity index (χ4n) is 3.72. The van der Waals surface area contributed by atoms with Crippen LogP contribution in [0.5, 0.6) is 0 Å². The van der Waals surface area contributed by atoms with E-state index in [1.807, 2.05) is 23.1 Å². The van der Waals surface area contributed by atoms with Gasteiger partial charge in [-0.05, 0) is 30.2 Å². The average Bonchev–Trinajstić information content (AvgIpc) is 3.20. The van der Waals surface area contributed by atoms with Gasteiger partial charge in [-0.15, -0.1) is 0 Å². The normalized spacial score (nSPS) is 14.8. The Morgan fingerprint density at radius 2 is 2.04 bits per heavy atom. The van der Waals surface area contributed by atoms with Gasteiger partial charge in [0, 0.05) is 40.3 Å². The number of hydrogen-bond acceptors (Lipinski definition) is 3.